The van der Waals surface area contributed by atoms with Gasteiger partial charge in [-0.3, -0.25) is 4.79 Å². The van der Waals surface area contributed by atoms with Crippen molar-refractivity contribution in [3.63, 3.8) is 0 Å². The second-order valence-electron chi connectivity index (χ2n) is 6.46. The molecule has 0 radical (unpaired) electrons. The third kappa shape index (κ3) is 4.17. The Hall–Kier alpha value is -2.96. The molecule has 7 nitrogen and oxygen atoms in total. The largest absolute Gasteiger partial charge is 0.465 e. The van der Waals surface area contributed by atoms with Gasteiger partial charge in [-0.1, -0.05) is 13.0 Å². The first-order valence-electron chi connectivity index (χ1n) is 8.63. The van der Waals surface area contributed by atoms with Gasteiger partial charge in [-0.15, -0.1) is 0 Å². The minimum atomic E-state index is -0.457. The average Bonchev–Trinajstić information content (AvgIpc) is 2.68. The van der Waals surface area contributed by atoms with Crippen LogP contribution in [-0.4, -0.2) is 42.0 Å². The number of anilines is 2. The van der Waals surface area contributed by atoms with Crippen molar-refractivity contribution < 1.29 is 14.3 Å². The smallest absolute Gasteiger partial charge is 0.337 e. The third-order valence-electron chi connectivity index (χ3n) is 4.52. The van der Waals surface area contributed by atoms with Crippen LogP contribution in [0, 0.1) is 5.92 Å². The number of amides is 1. The highest BCUT2D eigenvalue weighted by Crippen LogP contribution is 2.20. The summed E-state index contributed by atoms with van der Waals surface area (Å²) in [6.45, 7) is 4.18. The molecule has 1 fully saturated rings. The van der Waals surface area contributed by atoms with Crippen LogP contribution in [0.15, 0.2) is 36.7 Å². The van der Waals surface area contributed by atoms with E-state index in [-0.39, 0.29) is 11.6 Å². The molecule has 2 aromatic rings. The highest BCUT2D eigenvalue weighted by Gasteiger charge is 2.18. The van der Waals surface area contributed by atoms with Gasteiger partial charge < -0.3 is 15.0 Å². The Balaban J connectivity index is 1.66. The van der Waals surface area contributed by atoms with Crippen LogP contribution in [0.2, 0.25) is 0 Å². The van der Waals surface area contributed by atoms with Gasteiger partial charge in [-0.25, -0.2) is 14.8 Å². The van der Waals surface area contributed by atoms with Crippen LogP contribution < -0.4 is 10.2 Å². The zero-order valence-electron chi connectivity index (χ0n) is 14.9. The quantitative estimate of drug-likeness (QED) is 0.850. The van der Waals surface area contributed by atoms with Crippen molar-refractivity contribution in [3.8, 4) is 0 Å². The molecule has 1 aliphatic rings. The number of carbonyl (C=O) groups excluding carboxylic acids is 2. The molecule has 1 amide bonds. The van der Waals surface area contributed by atoms with Gasteiger partial charge in [0.05, 0.1) is 25.1 Å². The number of benzene rings is 1. The second-order valence-corrected chi connectivity index (χ2v) is 6.46. The number of rotatable bonds is 4. The molecule has 1 aliphatic heterocycles. The fourth-order valence-electron chi connectivity index (χ4n) is 2.88. The molecule has 2 heterocycles. The van der Waals surface area contributed by atoms with Crippen LogP contribution in [0.5, 0.6) is 0 Å². The number of aromatic nitrogens is 2. The molecule has 0 aliphatic carbocycles. The molecule has 3 rings (SSSR count). The molecule has 0 saturated carbocycles. The van der Waals surface area contributed by atoms with E-state index < -0.39 is 5.97 Å². The predicted molar refractivity (Wildman–Crippen MR) is 98.4 cm³/mol. The highest BCUT2D eigenvalue weighted by atomic mass is 16.5. The SMILES string of the molecule is COC(=O)c1cccc(NC(=O)c2cnc(N3CCC(C)CC3)cn2)c1. The van der Waals surface area contributed by atoms with Gasteiger partial charge in [-0.2, -0.15) is 0 Å². The topological polar surface area (TPSA) is 84.4 Å². The van der Waals surface area contributed by atoms with Crippen LogP contribution >= 0.6 is 0 Å². The number of carbonyl (C=O) groups is 2. The summed E-state index contributed by atoms with van der Waals surface area (Å²) >= 11 is 0. The number of hydrogen-bond donors (Lipinski definition) is 1. The summed E-state index contributed by atoms with van der Waals surface area (Å²) in [6.07, 6.45) is 5.39. The minimum absolute atomic E-state index is 0.225. The molecule has 0 bridgehead atoms. The molecule has 0 spiro atoms. The maximum Gasteiger partial charge on any atom is 0.337 e. The lowest BCUT2D eigenvalue weighted by Gasteiger charge is -2.30. The second kappa shape index (κ2) is 7.95. The molecule has 1 saturated heterocycles. The van der Waals surface area contributed by atoms with Crippen LogP contribution in [0.3, 0.4) is 0 Å². The fraction of sp³-hybridized carbons (Fsp3) is 0.368. The molecule has 1 aromatic heterocycles. The summed E-state index contributed by atoms with van der Waals surface area (Å²) in [5.41, 5.74) is 1.09. The lowest BCUT2D eigenvalue weighted by molar-refractivity contribution is 0.0600. The highest BCUT2D eigenvalue weighted by molar-refractivity contribution is 6.03. The summed E-state index contributed by atoms with van der Waals surface area (Å²) in [6, 6.07) is 6.55. The number of esters is 1. The Morgan fingerprint density at radius 1 is 1.19 bits per heavy atom. The zero-order chi connectivity index (χ0) is 18.5. The summed E-state index contributed by atoms with van der Waals surface area (Å²) in [5.74, 6) is 0.700. The first-order valence-corrected chi connectivity index (χ1v) is 8.63. The van der Waals surface area contributed by atoms with Crippen LogP contribution in [0.1, 0.15) is 40.6 Å². The van der Waals surface area contributed by atoms with Crippen molar-refractivity contribution in [2.24, 2.45) is 5.92 Å². The monoisotopic (exact) mass is 354 g/mol. The lowest BCUT2D eigenvalue weighted by Crippen LogP contribution is -2.33. The van der Waals surface area contributed by atoms with Crippen molar-refractivity contribution in [2.75, 3.05) is 30.4 Å². The Morgan fingerprint density at radius 3 is 2.62 bits per heavy atom. The zero-order valence-corrected chi connectivity index (χ0v) is 14.9. The van der Waals surface area contributed by atoms with E-state index >= 15 is 0 Å². The molecule has 0 atom stereocenters. The normalized spacial score (nSPS) is 14.8. The van der Waals surface area contributed by atoms with Crippen molar-refractivity contribution >= 4 is 23.4 Å². The van der Waals surface area contributed by atoms with Crippen LogP contribution in [-0.2, 0) is 4.74 Å². The maximum absolute atomic E-state index is 12.4. The van der Waals surface area contributed by atoms with Gasteiger partial charge in [0.1, 0.15) is 11.5 Å². The van der Waals surface area contributed by atoms with Gasteiger partial charge in [0.15, 0.2) is 0 Å². The molecule has 26 heavy (non-hydrogen) atoms. The third-order valence-corrected chi connectivity index (χ3v) is 4.52. The summed E-state index contributed by atoms with van der Waals surface area (Å²) in [7, 11) is 1.31. The Kier molecular flexibility index (Phi) is 5.46. The van der Waals surface area contributed by atoms with Crippen molar-refractivity contribution in [2.45, 2.75) is 19.8 Å². The first kappa shape index (κ1) is 17.8. The van der Waals surface area contributed by atoms with E-state index in [1.807, 2.05) is 0 Å². The van der Waals surface area contributed by atoms with Gasteiger partial charge >= 0.3 is 5.97 Å². The molecule has 0 unspecified atom stereocenters. The number of hydrogen-bond acceptors (Lipinski definition) is 6. The van der Waals surface area contributed by atoms with E-state index in [9.17, 15) is 9.59 Å². The Morgan fingerprint density at radius 2 is 1.96 bits per heavy atom. The van der Waals surface area contributed by atoms with E-state index in [1.165, 1.54) is 13.3 Å². The average molecular weight is 354 g/mol. The lowest BCUT2D eigenvalue weighted by atomic mass is 9.99. The molecule has 1 N–H and O–H groups in total. The van der Waals surface area contributed by atoms with E-state index in [2.05, 4.69) is 31.8 Å². The number of piperidine rings is 1. The van der Waals surface area contributed by atoms with Crippen LogP contribution in [0.25, 0.3) is 0 Å². The van der Waals surface area contributed by atoms with Gasteiger partial charge in [0, 0.05) is 18.8 Å². The number of methoxy groups -OCH3 is 1. The molecule has 1 aromatic carbocycles. The number of nitrogens with one attached hydrogen (secondary N) is 1. The van der Waals surface area contributed by atoms with E-state index in [0.717, 1.165) is 37.7 Å². The molecule has 136 valence electrons. The van der Waals surface area contributed by atoms with Gasteiger partial charge in [0.25, 0.3) is 5.91 Å². The van der Waals surface area contributed by atoms with Crippen LogP contribution in [0.4, 0.5) is 11.5 Å². The Labute approximate surface area is 152 Å². The van der Waals surface area contributed by atoms with Crippen molar-refractivity contribution in [3.05, 3.63) is 47.9 Å². The minimum Gasteiger partial charge on any atom is -0.465 e. The standard InChI is InChI=1S/C19H22N4O3/c1-13-6-8-23(9-7-13)17-12-20-16(11-21-17)18(24)22-15-5-3-4-14(10-15)19(25)26-2/h3-5,10-13H,6-9H2,1-2H3,(H,22,24). The molecular formula is C19H22N4O3. The van der Waals surface area contributed by atoms with E-state index in [0.29, 0.717) is 11.3 Å². The van der Waals surface area contributed by atoms with E-state index in [4.69, 9.17) is 0 Å². The van der Waals surface area contributed by atoms with Gasteiger partial charge in [-0.05, 0) is 37.0 Å². The first-order chi connectivity index (χ1) is 12.6. The fourth-order valence-corrected chi connectivity index (χ4v) is 2.88. The predicted octanol–water partition coefficient (Wildman–Crippen LogP) is 2.75. The number of nitrogens with zero attached hydrogens (tertiary/aromatic N) is 3. The van der Waals surface area contributed by atoms with Crippen molar-refractivity contribution in [1.29, 1.82) is 0 Å². The van der Waals surface area contributed by atoms with Gasteiger partial charge in [0.2, 0.25) is 0 Å². The summed E-state index contributed by atoms with van der Waals surface area (Å²) in [5, 5.41) is 2.72. The Bertz CT molecular complexity index is 784. The van der Waals surface area contributed by atoms with E-state index in [1.54, 1.807) is 30.5 Å². The molecule has 7 heteroatoms. The maximum atomic E-state index is 12.4. The summed E-state index contributed by atoms with van der Waals surface area (Å²) < 4.78 is 4.68. The summed E-state index contributed by atoms with van der Waals surface area (Å²) in [4.78, 5) is 34.7. The molecular weight excluding hydrogens is 332 g/mol. The van der Waals surface area contributed by atoms with Crippen molar-refractivity contribution in [1.82, 2.24) is 9.97 Å². The number of ether oxygens (including phenoxy) is 1.